The van der Waals surface area contributed by atoms with Gasteiger partial charge in [-0.15, -0.1) is 0 Å². The number of aryl methyl sites for hydroxylation is 1. The Bertz CT molecular complexity index is 1540. The molecule has 3 heterocycles. The van der Waals surface area contributed by atoms with E-state index in [1.54, 1.807) is 12.1 Å². The zero-order valence-corrected chi connectivity index (χ0v) is 23.7. The third kappa shape index (κ3) is 5.11. The molecular formula is C34H37N3O3. The number of phenols is 1. The largest absolute Gasteiger partial charge is 0.508 e. The lowest BCUT2D eigenvalue weighted by Gasteiger charge is -2.31. The summed E-state index contributed by atoms with van der Waals surface area (Å²) in [5, 5.41) is 10.2. The van der Waals surface area contributed by atoms with Gasteiger partial charge in [-0.25, -0.2) is 4.98 Å². The first-order valence-electron chi connectivity index (χ1n) is 14.2. The first-order valence-corrected chi connectivity index (χ1v) is 14.2. The molecule has 3 aromatic carbocycles. The van der Waals surface area contributed by atoms with Crippen molar-refractivity contribution in [1.82, 2.24) is 14.5 Å². The van der Waals surface area contributed by atoms with Gasteiger partial charge in [0.15, 0.2) is 0 Å². The van der Waals surface area contributed by atoms with Crippen LogP contribution >= 0.6 is 0 Å². The van der Waals surface area contributed by atoms with Crippen LogP contribution in [0.4, 0.5) is 0 Å². The smallest absolute Gasteiger partial charge is 0.150 e. The van der Waals surface area contributed by atoms with Crippen molar-refractivity contribution < 1.29 is 14.6 Å². The second-order valence-electron chi connectivity index (χ2n) is 11.2. The number of fused-ring (bicyclic) bond motifs is 1. The van der Waals surface area contributed by atoms with Crippen molar-refractivity contribution in [3.8, 4) is 22.9 Å². The standard InChI is InChI=1S/C34H37N3O3/c1-22-14-16-36(20-22)23(2)21-39-30-11-8-26(9-12-30)34-33(24(3)31-19-29(38)10-13-32(31)40-34)27-6-5-7-28(18-27)37-17-15-35-25(37)4/h5-13,15,17-19,22-23,34,38H,14,16,20-21H2,1-4H3/t22-,23+,34?/m1/s1. The van der Waals surface area contributed by atoms with Crippen LogP contribution in [0.15, 0.2) is 79.1 Å². The van der Waals surface area contributed by atoms with E-state index in [1.165, 1.54) is 6.42 Å². The summed E-state index contributed by atoms with van der Waals surface area (Å²) in [5.41, 5.74) is 6.21. The van der Waals surface area contributed by atoms with Gasteiger partial charge in [0.2, 0.25) is 0 Å². The Labute approximate surface area is 236 Å². The summed E-state index contributed by atoms with van der Waals surface area (Å²) < 4.78 is 14.9. The van der Waals surface area contributed by atoms with Crippen LogP contribution < -0.4 is 9.47 Å². The van der Waals surface area contributed by atoms with Crippen molar-refractivity contribution >= 4 is 11.1 Å². The Morgan fingerprint density at radius 1 is 1.07 bits per heavy atom. The highest BCUT2D eigenvalue weighted by Crippen LogP contribution is 2.47. The number of hydrogen-bond donors (Lipinski definition) is 1. The maximum absolute atomic E-state index is 10.2. The SMILES string of the molecule is CC1=C(c2cccc(-n3ccnc3C)c2)C(c2ccc(OC[C@H](C)N3CC[C@@H](C)C3)cc2)Oc2ccc(O)cc21. The molecule has 6 rings (SSSR count). The molecule has 40 heavy (non-hydrogen) atoms. The number of phenolic OH excluding ortho intramolecular Hbond substituents is 1. The number of likely N-dealkylation sites (tertiary alicyclic amines) is 1. The van der Waals surface area contributed by atoms with E-state index in [0.29, 0.717) is 12.6 Å². The van der Waals surface area contributed by atoms with Gasteiger partial charge in [-0.05, 0) is 98.8 Å². The number of allylic oxidation sites excluding steroid dienone is 1. The molecule has 0 bridgehead atoms. The summed E-state index contributed by atoms with van der Waals surface area (Å²) >= 11 is 0. The monoisotopic (exact) mass is 535 g/mol. The molecule has 1 unspecified atom stereocenters. The van der Waals surface area contributed by atoms with E-state index in [9.17, 15) is 5.11 Å². The van der Waals surface area contributed by atoms with E-state index < -0.39 is 0 Å². The fraction of sp³-hybridized carbons (Fsp3) is 0.324. The van der Waals surface area contributed by atoms with E-state index in [2.05, 4.69) is 71.6 Å². The van der Waals surface area contributed by atoms with Crippen LogP contribution in [0.1, 0.15) is 55.8 Å². The normalized spacial score (nSPS) is 19.8. The minimum absolute atomic E-state index is 0.224. The van der Waals surface area contributed by atoms with Gasteiger partial charge >= 0.3 is 0 Å². The lowest BCUT2D eigenvalue weighted by Crippen LogP contribution is -2.35. The van der Waals surface area contributed by atoms with Crippen molar-refractivity contribution in [3.63, 3.8) is 0 Å². The van der Waals surface area contributed by atoms with E-state index in [4.69, 9.17) is 9.47 Å². The minimum atomic E-state index is -0.310. The summed E-state index contributed by atoms with van der Waals surface area (Å²) in [5.74, 6) is 3.55. The number of benzene rings is 3. The number of ether oxygens (including phenoxy) is 2. The van der Waals surface area contributed by atoms with Crippen molar-refractivity contribution in [3.05, 3.63) is 102 Å². The molecule has 1 saturated heterocycles. The third-order valence-electron chi connectivity index (χ3n) is 8.29. The molecule has 0 aliphatic carbocycles. The average molecular weight is 536 g/mol. The highest BCUT2D eigenvalue weighted by molar-refractivity contribution is 5.96. The lowest BCUT2D eigenvalue weighted by molar-refractivity contribution is 0.169. The molecular weight excluding hydrogens is 498 g/mol. The molecule has 6 nitrogen and oxygen atoms in total. The fourth-order valence-electron chi connectivity index (χ4n) is 5.95. The molecule has 4 aromatic rings. The summed E-state index contributed by atoms with van der Waals surface area (Å²) in [6.07, 6.45) is 4.74. The first kappa shape index (κ1) is 26.2. The average Bonchev–Trinajstić information content (AvgIpc) is 3.60. The van der Waals surface area contributed by atoms with E-state index in [1.807, 2.05) is 37.5 Å². The van der Waals surface area contributed by atoms with E-state index in [0.717, 1.165) is 69.9 Å². The van der Waals surface area contributed by atoms with Crippen molar-refractivity contribution in [2.75, 3.05) is 19.7 Å². The predicted molar refractivity (Wildman–Crippen MR) is 159 cm³/mol. The zero-order chi connectivity index (χ0) is 27.8. The van der Waals surface area contributed by atoms with Gasteiger partial charge in [0.05, 0.1) is 0 Å². The van der Waals surface area contributed by atoms with Gasteiger partial charge in [0, 0.05) is 41.8 Å². The molecule has 1 fully saturated rings. The molecule has 206 valence electrons. The Kier molecular flexibility index (Phi) is 7.11. The van der Waals surface area contributed by atoms with Crippen LogP contribution in [0.3, 0.4) is 0 Å². The lowest BCUT2D eigenvalue weighted by atomic mass is 9.86. The molecule has 0 saturated carbocycles. The van der Waals surface area contributed by atoms with Gasteiger partial charge in [0.25, 0.3) is 0 Å². The predicted octanol–water partition coefficient (Wildman–Crippen LogP) is 7.06. The quantitative estimate of drug-likeness (QED) is 0.275. The molecule has 2 aliphatic rings. The van der Waals surface area contributed by atoms with Crippen molar-refractivity contribution in [1.29, 1.82) is 0 Å². The van der Waals surface area contributed by atoms with E-state index in [-0.39, 0.29) is 11.9 Å². The van der Waals surface area contributed by atoms with Gasteiger partial charge in [-0.3, -0.25) is 4.90 Å². The molecule has 0 amide bonds. The maximum Gasteiger partial charge on any atom is 0.150 e. The summed E-state index contributed by atoms with van der Waals surface area (Å²) in [6, 6.07) is 22.4. The number of rotatable bonds is 7. The maximum atomic E-state index is 10.2. The van der Waals surface area contributed by atoms with Gasteiger partial charge < -0.3 is 19.1 Å². The molecule has 3 atom stereocenters. The number of nitrogens with zero attached hydrogens (tertiary/aromatic N) is 3. The Morgan fingerprint density at radius 3 is 2.62 bits per heavy atom. The summed E-state index contributed by atoms with van der Waals surface area (Å²) in [4.78, 5) is 6.91. The number of aromatic hydroxyl groups is 1. The number of aromatic nitrogens is 2. The highest BCUT2D eigenvalue weighted by atomic mass is 16.5. The Balaban J connectivity index is 1.31. The number of imidazole rings is 1. The molecule has 1 aromatic heterocycles. The van der Waals surface area contributed by atoms with Crippen molar-refractivity contribution in [2.45, 2.75) is 46.3 Å². The molecule has 2 aliphatic heterocycles. The van der Waals surface area contributed by atoms with Gasteiger partial charge in [-0.1, -0.05) is 31.2 Å². The highest BCUT2D eigenvalue weighted by Gasteiger charge is 2.30. The Hall–Kier alpha value is -4.03. The van der Waals surface area contributed by atoms with Crippen LogP contribution in [0.25, 0.3) is 16.8 Å². The van der Waals surface area contributed by atoms with Gasteiger partial charge in [0.1, 0.15) is 35.8 Å². The first-order chi connectivity index (χ1) is 19.4. The third-order valence-corrected chi connectivity index (χ3v) is 8.29. The molecule has 1 N–H and O–H groups in total. The second kappa shape index (κ2) is 10.9. The Morgan fingerprint density at radius 2 is 1.90 bits per heavy atom. The van der Waals surface area contributed by atoms with Crippen LogP contribution in [-0.2, 0) is 0 Å². The summed E-state index contributed by atoms with van der Waals surface area (Å²) in [6.45, 7) is 11.6. The summed E-state index contributed by atoms with van der Waals surface area (Å²) in [7, 11) is 0. The van der Waals surface area contributed by atoms with Crippen LogP contribution in [-0.4, -0.2) is 45.3 Å². The molecule has 0 spiro atoms. The number of hydrogen-bond acceptors (Lipinski definition) is 5. The molecule has 6 heteroatoms. The van der Waals surface area contributed by atoms with Crippen LogP contribution in [0.2, 0.25) is 0 Å². The van der Waals surface area contributed by atoms with Crippen molar-refractivity contribution in [2.24, 2.45) is 5.92 Å². The van der Waals surface area contributed by atoms with Crippen LogP contribution in [0.5, 0.6) is 17.2 Å². The zero-order valence-electron chi connectivity index (χ0n) is 23.7. The minimum Gasteiger partial charge on any atom is -0.508 e. The topological polar surface area (TPSA) is 59.8 Å². The molecule has 0 radical (unpaired) electrons. The van der Waals surface area contributed by atoms with Gasteiger partial charge in [-0.2, -0.15) is 0 Å². The fourth-order valence-corrected chi connectivity index (χ4v) is 5.95. The van der Waals surface area contributed by atoms with Crippen LogP contribution in [0, 0.1) is 12.8 Å². The second-order valence-corrected chi connectivity index (χ2v) is 11.2. The van der Waals surface area contributed by atoms with E-state index >= 15 is 0 Å².